The molecular weight excluding hydrogens is 207 g/mol. The van der Waals surface area contributed by atoms with E-state index in [-0.39, 0.29) is 11.9 Å². The molecule has 0 aromatic heterocycles. The third-order valence-electron chi connectivity index (χ3n) is 2.49. The highest BCUT2D eigenvalue weighted by Crippen LogP contribution is 2.16. The molecule has 0 radical (unpaired) electrons. The second-order valence-corrected chi connectivity index (χ2v) is 3.72. The molecule has 0 heterocycles. The highest BCUT2D eigenvalue weighted by molar-refractivity contribution is 5.99. The second kappa shape index (κ2) is 5.49. The Morgan fingerprint density at radius 1 is 1.50 bits per heavy atom. The topological polar surface area (TPSA) is 41.1 Å². The van der Waals surface area contributed by atoms with Gasteiger partial charge in [0.15, 0.2) is 0 Å². The van der Waals surface area contributed by atoms with E-state index in [4.69, 9.17) is 0 Å². The summed E-state index contributed by atoms with van der Waals surface area (Å²) in [6.07, 6.45) is 0.843. The van der Waals surface area contributed by atoms with E-state index in [2.05, 4.69) is 10.6 Å². The van der Waals surface area contributed by atoms with Crippen molar-refractivity contribution in [2.75, 3.05) is 12.4 Å². The average Bonchev–Trinajstić information content (AvgIpc) is 2.28. The van der Waals surface area contributed by atoms with Gasteiger partial charge >= 0.3 is 0 Å². The van der Waals surface area contributed by atoms with Gasteiger partial charge in [-0.2, -0.15) is 0 Å². The Morgan fingerprint density at radius 2 is 2.19 bits per heavy atom. The van der Waals surface area contributed by atoms with Crippen LogP contribution >= 0.6 is 0 Å². The van der Waals surface area contributed by atoms with Gasteiger partial charge < -0.3 is 10.6 Å². The SMILES string of the molecule is CCC(C)NC(=O)c1cc(F)ccc1NC. The predicted octanol–water partition coefficient (Wildman–Crippen LogP) is 2.40. The van der Waals surface area contributed by atoms with Crippen molar-refractivity contribution in [1.29, 1.82) is 0 Å². The van der Waals surface area contributed by atoms with Crippen LogP contribution in [-0.4, -0.2) is 19.0 Å². The van der Waals surface area contributed by atoms with Crippen LogP contribution in [0.1, 0.15) is 30.6 Å². The molecule has 1 rings (SSSR count). The van der Waals surface area contributed by atoms with Crippen molar-refractivity contribution in [2.24, 2.45) is 0 Å². The quantitative estimate of drug-likeness (QED) is 0.824. The van der Waals surface area contributed by atoms with Crippen LogP contribution in [0.5, 0.6) is 0 Å². The zero-order valence-electron chi connectivity index (χ0n) is 9.80. The molecule has 88 valence electrons. The Hall–Kier alpha value is -1.58. The van der Waals surface area contributed by atoms with Crippen LogP contribution in [0.3, 0.4) is 0 Å². The van der Waals surface area contributed by atoms with E-state index in [1.807, 2.05) is 13.8 Å². The van der Waals surface area contributed by atoms with Crippen molar-refractivity contribution >= 4 is 11.6 Å². The number of anilines is 1. The second-order valence-electron chi connectivity index (χ2n) is 3.72. The van der Waals surface area contributed by atoms with Crippen LogP contribution in [0.25, 0.3) is 0 Å². The van der Waals surface area contributed by atoms with Crippen molar-refractivity contribution in [3.63, 3.8) is 0 Å². The minimum atomic E-state index is -0.409. The lowest BCUT2D eigenvalue weighted by Crippen LogP contribution is -2.32. The predicted molar refractivity (Wildman–Crippen MR) is 63.2 cm³/mol. The number of halogens is 1. The number of carbonyl (C=O) groups is 1. The molecule has 4 heteroatoms. The fraction of sp³-hybridized carbons (Fsp3) is 0.417. The van der Waals surface area contributed by atoms with Gasteiger partial charge in [-0.05, 0) is 31.5 Å². The van der Waals surface area contributed by atoms with E-state index in [1.54, 1.807) is 13.1 Å². The lowest BCUT2D eigenvalue weighted by atomic mass is 10.1. The molecule has 0 saturated heterocycles. The van der Waals surface area contributed by atoms with Crippen molar-refractivity contribution in [3.8, 4) is 0 Å². The molecule has 2 N–H and O–H groups in total. The third kappa shape index (κ3) is 2.95. The van der Waals surface area contributed by atoms with E-state index in [1.165, 1.54) is 12.1 Å². The fourth-order valence-corrected chi connectivity index (χ4v) is 1.33. The number of hydrogen-bond donors (Lipinski definition) is 2. The molecular formula is C12H17FN2O. The Balaban J connectivity index is 2.93. The van der Waals surface area contributed by atoms with Gasteiger partial charge in [0.25, 0.3) is 5.91 Å². The lowest BCUT2D eigenvalue weighted by Gasteiger charge is -2.13. The monoisotopic (exact) mass is 224 g/mol. The summed E-state index contributed by atoms with van der Waals surface area (Å²) >= 11 is 0. The number of rotatable bonds is 4. The molecule has 0 aliphatic carbocycles. The van der Waals surface area contributed by atoms with E-state index in [0.29, 0.717) is 11.3 Å². The summed E-state index contributed by atoms with van der Waals surface area (Å²) in [5.74, 6) is -0.661. The normalized spacial score (nSPS) is 12.0. The van der Waals surface area contributed by atoms with Gasteiger partial charge in [-0.25, -0.2) is 4.39 Å². The lowest BCUT2D eigenvalue weighted by molar-refractivity contribution is 0.0939. The van der Waals surface area contributed by atoms with Crippen LogP contribution in [-0.2, 0) is 0 Å². The van der Waals surface area contributed by atoms with Crippen molar-refractivity contribution in [2.45, 2.75) is 26.3 Å². The Labute approximate surface area is 95.0 Å². The zero-order chi connectivity index (χ0) is 12.1. The van der Waals surface area contributed by atoms with Crippen LogP contribution in [0.15, 0.2) is 18.2 Å². The van der Waals surface area contributed by atoms with E-state index in [9.17, 15) is 9.18 Å². The maximum Gasteiger partial charge on any atom is 0.253 e. The molecule has 1 amide bonds. The zero-order valence-corrected chi connectivity index (χ0v) is 9.80. The van der Waals surface area contributed by atoms with Crippen molar-refractivity contribution < 1.29 is 9.18 Å². The first kappa shape index (κ1) is 12.5. The summed E-state index contributed by atoms with van der Waals surface area (Å²) < 4.78 is 13.1. The molecule has 0 aliphatic rings. The minimum Gasteiger partial charge on any atom is -0.387 e. The van der Waals surface area contributed by atoms with E-state index in [0.717, 1.165) is 6.42 Å². The van der Waals surface area contributed by atoms with Crippen LogP contribution < -0.4 is 10.6 Å². The van der Waals surface area contributed by atoms with Gasteiger partial charge in [-0.3, -0.25) is 4.79 Å². The maximum atomic E-state index is 13.1. The van der Waals surface area contributed by atoms with Gasteiger partial charge in [0.1, 0.15) is 5.82 Å². The van der Waals surface area contributed by atoms with Gasteiger partial charge in [0.05, 0.1) is 5.56 Å². The smallest absolute Gasteiger partial charge is 0.253 e. The van der Waals surface area contributed by atoms with Crippen molar-refractivity contribution in [1.82, 2.24) is 5.32 Å². The number of hydrogen-bond acceptors (Lipinski definition) is 2. The molecule has 1 unspecified atom stereocenters. The van der Waals surface area contributed by atoms with Gasteiger partial charge in [0.2, 0.25) is 0 Å². The highest BCUT2D eigenvalue weighted by Gasteiger charge is 2.13. The molecule has 0 fully saturated rings. The standard InChI is InChI=1S/C12H17FN2O/c1-4-8(2)15-12(16)10-7-9(13)5-6-11(10)14-3/h5-8,14H,4H2,1-3H3,(H,15,16). The molecule has 16 heavy (non-hydrogen) atoms. The molecule has 0 spiro atoms. The molecule has 0 bridgehead atoms. The molecule has 0 aliphatic heterocycles. The summed E-state index contributed by atoms with van der Waals surface area (Å²) in [5.41, 5.74) is 0.963. The first-order valence-electron chi connectivity index (χ1n) is 5.36. The third-order valence-corrected chi connectivity index (χ3v) is 2.49. The minimum absolute atomic E-state index is 0.0838. The van der Waals surface area contributed by atoms with Gasteiger partial charge in [-0.15, -0.1) is 0 Å². The van der Waals surface area contributed by atoms with Gasteiger partial charge in [0, 0.05) is 18.8 Å². The van der Waals surface area contributed by atoms with Crippen LogP contribution in [0.2, 0.25) is 0 Å². The summed E-state index contributed by atoms with van der Waals surface area (Å²) in [7, 11) is 1.70. The van der Waals surface area contributed by atoms with Crippen LogP contribution in [0.4, 0.5) is 10.1 Å². The first-order chi connectivity index (χ1) is 7.58. The average molecular weight is 224 g/mol. The summed E-state index contributed by atoms with van der Waals surface area (Å²) in [5, 5.41) is 5.67. The Bertz CT molecular complexity index is 379. The number of benzene rings is 1. The maximum absolute atomic E-state index is 13.1. The first-order valence-corrected chi connectivity index (χ1v) is 5.36. The van der Waals surface area contributed by atoms with E-state index >= 15 is 0 Å². The van der Waals surface area contributed by atoms with Gasteiger partial charge in [-0.1, -0.05) is 6.92 Å². The summed E-state index contributed by atoms with van der Waals surface area (Å²) in [4.78, 5) is 11.8. The number of carbonyl (C=O) groups excluding carboxylic acids is 1. The summed E-state index contributed by atoms with van der Waals surface area (Å²) in [6.45, 7) is 3.89. The van der Waals surface area contributed by atoms with Crippen LogP contribution in [0, 0.1) is 5.82 Å². The molecule has 3 nitrogen and oxygen atoms in total. The Morgan fingerprint density at radius 3 is 2.75 bits per heavy atom. The summed E-state index contributed by atoms with van der Waals surface area (Å²) in [6, 6.07) is 4.21. The molecule has 1 atom stereocenters. The largest absolute Gasteiger partial charge is 0.387 e. The number of amides is 1. The molecule has 1 aromatic carbocycles. The molecule has 1 aromatic rings. The fourth-order valence-electron chi connectivity index (χ4n) is 1.33. The highest BCUT2D eigenvalue weighted by atomic mass is 19.1. The van der Waals surface area contributed by atoms with Crippen molar-refractivity contribution in [3.05, 3.63) is 29.6 Å². The number of nitrogens with one attached hydrogen (secondary N) is 2. The Kier molecular flexibility index (Phi) is 4.28. The van der Waals surface area contributed by atoms with E-state index < -0.39 is 5.82 Å². The molecule has 0 saturated carbocycles.